The third-order valence-electron chi connectivity index (χ3n) is 2.74. The summed E-state index contributed by atoms with van der Waals surface area (Å²) < 4.78 is 0. The molecule has 0 atom stereocenters. The third kappa shape index (κ3) is 2.25. The summed E-state index contributed by atoms with van der Waals surface area (Å²) in [6.45, 7) is 0. The van der Waals surface area contributed by atoms with E-state index in [1.165, 1.54) is 12.3 Å². The number of H-pyrrole nitrogens is 1. The number of nitrogens with zero attached hydrogens (tertiary/aromatic N) is 2. The van der Waals surface area contributed by atoms with E-state index in [1.807, 2.05) is 43.3 Å². The molecule has 1 aromatic carbocycles. The second kappa shape index (κ2) is 4.76. The van der Waals surface area contributed by atoms with Crippen molar-refractivity contribution in [3.63, 3.8) is 0 Å². The van der Waals surface area contributed by atoms with E-state index >= 15 is 0 Å². The van der Waals surface area contributed by atoms with Crippen molar-refractivity contribution in [1.29, 1.82) is 5.26 Å². The molecular formula is C14H13N3O. The van der Waals surface area contributed by atoms with Crippen LogP contribution in [-0.4, -0.2) is 19.1 Å². The molecule has 1 N–H and O–H groups in total. The van der Waals surface area contributed by atoms with Crippen LogP contribution in [-0.2, 0) is 0 Å². The van der Waals surface area contributed by atoms with Crippen LogP contribution in [0.2, 0.25) is 0 Å². The minimum Gasteiger partial charge on any atom is -0.378 e. The molecule has 1 heterocycles. The average Bonchev–Trinajstić information content (AvgIpc) is 2.39. The zero-order valence-electron chi connectivity index (χ0n) is 10.3. The largest absolute Gasteiger partial charge is 0.378 e. The van der Waals surface area contributed by atoms with E-state index < -0.39 is 0 Å². The first-order valence-electron chi connectivity index (χ1n) is 5.52. The predicted octanol–water partition coefficient (Wildman–Crippen LogP) is 1.98. The number of aromatic nitrogens is 1. The maximum Gasteiger partial charge on any atom is 0.248 e. The Bertz CT molecular complexity index is 648. The van der Waals surface area contributed by atoms with Crippen molar-refractivity contribution in [3.8, 4) is 17.2 Å². The van der Waals surface area contributed by atoms with E-state index in [-0.39, 0.29) is 5.56 Å². The molecule has 0 unspecified atom stereocenters. The van der Waals surface area contributed by atoms with Gasteiger partial charge in [0.15, 0.2) is 0 Å². The van der Waals surface area contributed by atoms with Gasteiger partial charge in [0.2, 0.25) is 5.56 Å². The highest BCUT2D eigenvalue weighted by molar-refractivity contribution is 5.71. The molecule has 0 bridgehead atoms. The van der Waals surface area contributed by atoms with Gasteiger partial charge in [-0.1, -0.05) is 12.1 Å². The number of nitrogens with one attached hydrogen (secondary N) is 1. The van der Waals surface area contributed by atoms with Crippen molar-refractivity contribution in [2.24, 2.45) is 0 Å². The fourth-order valence-electron chi connectivity index (χ4n) is 1.74. The molecule has 0 spiro atoms. The summed E-state index contributed by atoms with van der Waals surface area (Å²) in [7, 11) is 3.92. The van der Waals surface area contributed by atoms with Crippen LogP contribution < -0.4 is 10.5 Å². The Hall–Kier alpha value is -2.54. The molecule has 18 heavy (non-hydrogen) atoms. The molecule has 4 nitrogen and oxygen atoms in total. The molecule has 0 aliphatic carbocycles. The van der Waals surface area contributed by atoms with Gasteiger partial charge in [0, 0.05) is 37.6 Å². The topological polar surface area (TPSA) is 59.9 Å². The van der Waals surface area contributed by atoms with Crippen molar-refractivity contribution >= 4 is 5.69 Å². The fourth-order valence-corrected chi connectivity index (χ4v) is 1.74. The average molecular weight is 239 g/mol. The van der Waals surface area contributed by atoms with E-state index in [0.717, 1.165) is 11.3 Å². The minimum absolute atomic E-state index is 0.208. The first kappa shape index (κ1) is 11.9. The zero-order chi connectivity index (χ0) is 13.1. The summed E-state index contributed by atoms with van der Waals surface area (Å²) in [6.07, 6.45) is 1.44. The lowest BCUT2D eigenvalue weighted by Gasteiger charge is -2.12. The molecule has 2 aromatic rings. The maximum atomic E-state index is 11.3. The lowest BCUT2D eigenvalue weighted by atomic mass is 10.0. The maximum absolute atomic E-state index is 11.3. The minimum atomic E-state index is -0.208. The molecule has 0 saturated heterocycles. The predicted molar refractivity (Wildman–Crippen MR) is 71.5 cm³/mol. The van der Waals surface area contributed by atoms with Crippen LogP contribution in [0.5, 0.6) is 0 Å². The summed E-state index contributed by atoms with van der Waals surface area (Å²) in [5.74, 6) is 0. The second-order valence-electron chi connectivity index (χ2n) is 4.18. The van der Waals surface area contributed by atoms with Crippen molar-refractivity contribution in [2.75, 3.05) is 19.0 Å². The van der Waals surface area contributed by atoms with Crippen LogP contribution in [0.25, 0.3) is 11.1 Å². The van der Waals surface area contributed by atoms with Crippen LogP contribution >= 0.6 is 0 Å². The molecular weight excluding hydrogens is 226 g/mol. The molecule has 0 aliphatic heterocycles. The lowest BCUT2D eigenvalue weighted by Crippen LogP contribution is -2.08. The molecule has 2 rings (SSSR count). The molecule has 0 aliphatic rings. The Morgan fingerprint density at radius 3 is 2.44 bits per heavy atom. The Kier molecular flexibility index (Phi) is 3.16. The van der Waals surface area contributed by atoms with E-state index in [9.17, 15) is 4.79 Å². The number of aromatic amines is 1. The number of benzene rings is 1. The fraction of sp³-hybridized carbons (Fsp3) is 0.143. The summed E-state index contributed by atoms with van der Waals surface area (Å²) in [5, 5.41) is 9.03. The summed E-state index contributed by atoms with van der Waals surface area (Å²) in [6, 6.07) is 11.3. The van der Waals surface area contributed by atoms with E-state index in [1.54, 1.807) is 0 Å². The van der Waals surface area contributed by atoms with E-state index in [4.69, 9.17) is 5.26 Å². The SMILES string of the molecule is CN(C)c1ccc(-c2cc(=O)[nH]cc2C#N)cc1. The van der Waals surface area contributed by atoms with Gasteiger partial charge >= 0.3 is 0 Å². The van der Waals surface area contributed by atoms with Crippen LogP contribution in [0.15, 0.2) is 41.3 Å². The van der Waals surface area contributed by atoms with Gasteiger partial charge in [0.25, 0.3) is 0 Å². The van der Waals surface area contributed by atoms with Crippen molar-refractivity contribution < 1.29 is 0 Å². The van der Waals surface area contributed by atoms with E-state index in [0.29, 0.717) is 11.1 Å². The molecule has 90 valence electrons. The molecule has 0 fully saturated rings. The van der Waals surface area contributed by atoms with Gasteiger partial charge < -0.3 is 9.88 Å². The van der Waals surface area contributed by atoms with Crippen molar-refractivity contribution in [3.05, 3.63) is 52.4 Å². The number of hydrogen-bond donors (Lipinski definition) is 1. The van der Waals surface area contributed by atoms with Crippen molar-refractivity contribution in [1.82, 2.24) is 4.98 Å². The molecule has 1 aromatic heterocycles. The molecule has 0 radical (unpaired) electrons. The number of pyridine rings is 1. The van der Waals surface area contributed by atoms with Crippen molar-refractivity contribution in [2.45, 2.75) is 0 Å². The highest BCUT2D eigenvalue weighted by Crippen LogP contribution is 2.23. The van der Waals surface area contributed by atoms with Crippen LogP contribution in [0.3, 0.4) is 0 Å². The standard InChI is InChI=1S/C14H13N3O/c1-17(2)12-5-3-10(4-6-12)13-7-14(18)16-9-11(13)8-15/h3-7,9H,1-2H3,(H,16,18). The van der Waals surface area contributed by atoms with E-state index in [2.05, 4.69) is 11.1 Å². The van der Waals surface area contributed by atoms with Crippen LogP contribution in [0.1, 0.15) is 5.56 Å². The van der Waals surface area contributed by atoms with Crippen LogP contribution in [0.4, 0.5) is 5.69 Å². The molecule has 0 amide bonds. The van der Waals surface area contributed by atoms with Crippen LogP contribution in [0, 0.1) is 11.3 Å². The number of rotatable bonds is 2. The summed E-state index contributed by atoms with van der Waals surface area (Å²) in [4.78, 5) is 15.8. The van der Waals surface area contributed by atoms with Gasteiger partial charge in [-0.15, -0.1) is 0 Å². The van der Waals surface area contributed by atoms with Gasteiger partial charge in [-0.25, -0.2) is 0 Å². The Labute approximate surface area is 105 Å². The molecule has 4 heteroatoms. The Morgan fingerprint density at radius 2 is 1.89 bits per heavy atom. The van der Waals surface area contributed by atoms with Gasteiger partial charge in [0.05, 0.1) is 5.56 Å². The smallest absolute Gasteiger partial charge is 0.248 e. The first-order chi connectivity index (χ1) is 8.61. The highest BCUT2D eigenvalue weighted by atomic mass is 16.1. The molecule has 0 saturated carbocycles. The first-order valence-corrected chi connectivity index (χ1v) is 5.52. The summed E-state index contributed by atoms with van der Waals surface area (Å²) >= 11 is 0. The normalized spacial score (nSPS) is 9.83. The second-order valence-corrected chi connectivity index (χ2v) is 4.18. The van der Waals surface area contributed by atoms with Gasteiger partial charge in [-0.2, -0.15) is 5.26 Å². The third-order valence-corrected chi connectivity index (χ3v) is 2.74. The number of nitriles is 1. The quantitative estimate of drug-likeness (QED) is 0.871. The van der Waals surface area contributed by atoms with Gasteiger partial charge in [-0.3, -0.25) is 4.79 Å². The summed E-state index contributed by atoms with van der Waals surface area (Å²) in [5.41, 5.74) is 2.85. The van der Waals surface area contributed by atoms with Gasteiger partial charge in [-0.05, 0) is 17.7 Å². The monoisotopic (exact) mass is 239 g/mol. The Balaban J connectivity index is 2.52. The highest BCUT2D eigenvalue weighted by Gasteiger charge is 2.06. The van der Waals surface area contributed by atoms with Gasteiger partial charge in [0.1, 0.15) is 6.07 Å². The Morgan fingerprint density at radius 1 is 1.22 bits per heavy atom. The zero-order valence-corrected chi connectivity index (χ0v) is 10.3. The number of anilines is 1. The lowest BCUT2D eigenvalue weighted by molar-refractivity contribution is 1.13. The number of hydrogen-bond acceptors (Lipinski definition) is 3.